The van der Waals surface area contributed by atoms with Crippen LogP contribution in [0.4, 0.5) is 5.82 Å². The molecule has 1 aromatic carbocycles. The van der Waals surface area contributed by atoms with Crippen molar-refractivity contribution < 1.29 is 4.79 Å². The smallest absolute Gasteiger partial charge is 0.273 e. The van der Waals surface area contributed by atoms with Crippen molar-refractivity contribution in [1.29, 1.82) is 0 Å². The number of nitrogens with zero attached hydrogens (tertiary/aromatic N) is 2. The first-order valence-electron chi connectivity index (χ1n) is 6.33. The normalized spacial score (nSPS) is 10.3. The second-order valence-electron chi connectivity index (χ2n) is 4.37. The third-order valence-electron chi connectivity index (χ3n) is 2.93. The number of H-pyrrole nitrogens is 1. The Morgan fingerprint density at radius 1 is 1.10 bits per heavy atom. The van der Waals surface area contributed by atoms with Gasteiger partial charge < -0.3 is 5.32 Å². The van der Waals surface area contributed by atoms with Crippen LogP contribution in [0.25, 0.3) is 5.69 Å². The van der Waals surface area contributed by atoms with Gasteiger partial charge in [0.2, 0.25) is 0 Å². The molecule has 21 heavy (non-hydrogen) atoms. The molecular formula is C15H12N4O2. The van der Waals surface area contributed by atoms with Crippen LogP contribution in [0.15, 0.2) is 65.7 Å². The summed E-state index contributed by atoms with van der Waals surface area (Å²) in [5.41, 5.74) is 0.927. The maximum absolute atomic E-state index is 12.0. The van der Waals surface area contributed by atoms with Gasteiger partial charge in [-0.15, -0.1) is 0 Å². The first-order chi connectivity index (χ1) is 10.2. The van der Waals surface area contributed by atoms with E-state index in [-0.39, 0.29) is 11.5 Å². The topological polar surface area (TPSA) is 79.8 Å². The minimum absolute atomic E-state index is 0.244. The van der Waals surface area contributed by atoms with Crippen molar-refractivity contribution in [2.24, 2.45) is 0 Å². The number of aromatic amines is 1. The Morgan fingerprint density at radius 2 is 1.81 bits per heavy atom. The monoisotopic (exact) mass is 280 g/mol. The van der Waals surface area contributed by atoms with Gasteiger partial charge in [-0.05, 0) is 24.3 Å². The Balaban J connectivity index is 1.85. The minimum atomic E-state index is -0.307. The number of rotatable bonds is 3. The highest BCUT2D eigenvalue weighted by atomic mass is 16.2. The molecule has 0 aliphatic rings. The molecule has 0 fully saturated rings. The Kier molecular flexibility index (Phi) is 3.34. The highest BCUT2D eigenvalue weighted by molar-refractivity contribution is 6.03. The molecule has 0 saturated carbocycles. The predicted octanol–water partition coefficient (Wildman–Crippen LogP) is 1.81. The summed E-state index contributed by atoms with van der Waals surface area (Å²) < 4.78 is 1.36. The predicted molar refractivity (Wildman–Crippen MR) is 78.6 cm³/mol. The van der Waals surface area contributed by atoms with Crippen LogP contribution in [0, 0.1) is 0 Å². The molecule has 0 spiro atoms. The van der Waals surface area contributed by atoms with Gasteiger partial charge in [0.05, 0.1) is 5.69 Å². The largest absolute Gasteiger partial charge is 0.307 e. The number of para-hydroxylation sites is 1. The Morgan fingerprint density at radius 3 is 2.52 bits per heavy atom. The lowest BCUT2D eigenvalue weighted by atomic mass is 10.2. The second kappa shape index (κ2) is 5.46. The van der Waals surface area contributed by atoms with Crippen molar-refractivity contribution in [1.82, 2.24) is 14.8 Å². The van der Waals surface area contributed by atoms with Crippen LogP contribution >= 0.6 is 0 Å². The van der Waals surface area contributed by atoms with Crippen molar-refractivity contribution >= 4 is 11.7 Å². The van der Waals surface area contributed by atoms with Crippen LogP contribution in [0.2, 0.25) is 0 Å². The van der Waals surface area contributed by atoms with Gasteiger partial charge in [0.15, 0.2) is 0 Å². The molecule has 0 radical (unpaired) electrons. The summed E-state index contributed by atoms with van der Waals surface area (Å²) in [6, 6.07) is 13.7. The molecule has 6 heteroatoms. The number of anilines is 1. The summed E-state index contributed by atoms with van der Waals surface area (Å²) in [6.07, 6.45) is 3.07. The van der Waals surface area contributed by atoms with Gasteiger partial charge in [0, 0.05) is 24.0 Å². The molecule has 0 unspecified atom stereocenters. The Bertz CT molecular complexity index is 806. The van der Waals surface area contributed by atoms with E-state index in [1.54, 1.807) is 24.3 Å². The lowest BCUT2D eigenvalue weighted by Crippen LogP contribution is -2.13. The van der Waals surface area contributed by atoms with E-state index in [1.165, 1.54) is 23.1 Å². The SMILES string of the molecule is O=C(Nc1cc(=O)n(-c2ccccc2)[nH]1)c1ccncc1. The van der Waals surface area contributed by atoms with Crippen molar-refractivity contribution in [3.8, 4) is 5.69 Å². The number of aromatic nitrogens is 3. The molecule has 2 heterocycles. The van der Waals surface area contributed by atoms with E-state index >= 15 is 0 Å². The van der Waals surface area contributed by atoms with Crippen molar-refractivity contribution in [2.75, 3.05) is 5.32 Å². The lowest BCUT2D eigenvalue weighted by molar-refractivity contribution is 0.102. The minimum Gasteiger partial charge on any atom is -0.307 e. The fraction of sp³-hybridized carbons (Fsp3) is 0. The molecule has 3 rings (SSSR count). The summed E-state index contributed by atoms with van der Waals surface area (Å²) in [4.78, 5) is 27.8. The molecule has 6 nitrogen and oxygen atoms in total. The number of amides is 1. The Labute approximate surface area is 120 Å². The van der Waals surface area contributed by atoms with Crippen molar-refractivity contribution in [3.05, 3.63) is 76.8 Å². The summed E-state index contributed by atoms with van der Waals surface area (Å²) in [5.74, 6) is 0.0320. The van der Waals surface area contributed by atoms with Crippen LogP contribution < -0.4 is 10.9 Å². The number of hydrogen-bond acceptors (Lipinski definition) is 3. The van der Waals surface area contributed by atoms with Crippen LogP contribution in [-0.4, -0.2) is 20.7 Å². The fourth-order valence-corrected chi connectivity index (χ4v) is 1.93. The lowest BCUT2D eigenvalue weighted by Gasteiger charge is -2.03. The van der Waals surface area contributed by atoms with Gasteiger partial charge in [-0.3, -0.25) is 19.7 Å². The average Bonchev–Trinajstić information content (AvgIpc) is 2.89. The first-order valence-corrected chi connectivity index (χ1v) is 6.33. The van der Waals surface area contributed by atoms with Crippen LogP contribution in [0.1, 0.15) is 10.4 Å². The van der Waals surface area contributed by atoms with Crippen molar-refractivity contribution in [3.63, 3.8) is 0 Å². The highest BCUT2D eigenvalue weighted by Crippen LogP contribution is 2.07. The van der Waals surface area contributed by atoms with Gasteiger partial charge >= 0.3 is 0 Å². The highest BCUT2D eigenvalue weighted by Gasteiger charge is 2.09. The van der Waals surface area contributed by atoms with E-state index in [2.05, 4.69) is 15.4 Å². The molecule has 3 aromatic rings. The zero-order valence-corrected chi connectivity index (χ0v) is 11.0. The molecular weight excluding hydrogens is 268 g/mol. The Hall–Kier alpha value is -3.15. The number of carbonyl (C=O) groups is 1. The maximum Gasteiger partial charge on any atom is 0.273 e. The van der Waals surface area contributed by atoms with Gasteiger partial charge in [-0.2, -0.15) is 0 Å². The van der Waals surface area contributed by atoms with Gasteiger partial charge in [0.25, 0.3) is 11.5 Å². The van der Waals surface area contributed by atoms with E-state index in [0.29, 0.717) is 17.1 Å². The van der Waals surface area contributed by atoms with Gasteiger partial charge in [-0.25, -0.2) is 4.68 Å². The van der Waals surface area contributed by atoms with E-state index < -0.39 is 0 Å². The van der Waals surface area contributed by atoms with E-state index in [4.69, 9.17) is 0 Å². The molecule has 0 bridgehead atoms. The van der Waals surface area contributed by atoms with Gasteiger partial charge in [0.1, 0.15) is 5.82 Å². The molecule has 0 aliphatic heterocycles. The van der Waals surface area contributed by atoms with Gasteiger partial charge in [-0.1, -0.05) is 18.2 Å². The number of carbonyl (C=O) groups excluding carboxylic acids is 1. The second-order valence-corrected chi connectivity index (χ2v) is 4.37. The van der Waals surface area contributed by atoms with E-state index in [9.17, 15) is 9.59 Å². The quantitative estimate of drug-likeness (QED) is 0.768. The number of nitrogens with one attached hydrogen (secondary N) is 2. The first kappa shape index (κ1) is 12.9. The van der Waals surface area contributed by atoms with E-state index in [0.717, 1.165) is 0 Å². The maximum atomic E-state index is 12.0. The summed E-state index contributed by atoms with van der Waals surface area (Å²) in [5, 5.41) is 5.50. The zero-order valence-electron chi connectivity index (χ0n) is 11.0. The van der Waals surface area contributed by atoms with Crippen LogP contribution in [-0.2, 0) is 0 Å². The number of hydrogen-bond donors (Lipinski definition) is 2. The number of pyridine rings is 1. The third-order valence-corrected chi connectivity index (χ3v) is 2.93. The molecule has 2 aromatic heterocycles. The molecule has 1 amide bonds. The zero-order chi connectivity index (χ0) is 14.7. The third kappa shape index (κ3) is 2.74. The summed E-state index contributed by atoms with van der Waals surface area (Å²) >= 11 is 0. The number of benzene rings is 1. The van der Waals surface area contributed by atoms with E-state index in [1.807, 2.05) is 18.2 Å². The molecule has 0 atom stereocenters. The van der Waals surface area contributed by atoms with Crippen LogP contribution in [0.3, 0.4) is 0 Å². The average molecular weight is 280 g/mol. The fourth-order valence-electron chi connectivity index (χ4n) is 1.93. The summed E-state index contributed by atoms with van der Waals surface area (Å²) in [7, 11) is 0. The molecule has 0 saturated heterocycles. The summed E-state index contributed by atoms with van der Waals surface area (Å²) in [6.45, 7) is 0. The standard InChI is InChI=1S/C15H12N4O2/c20-14-10-13(17-15(21)11-6-8-16-9-7-11)18-19(14)12-4-2-1-3-5-12/h1-10,18H,(H,17,21). The molecule has 0 aliphatic carbocycles. The molecule has 104 valence electrons. The molecule has 2 N–H and O–H groups in total. The van der Waals surface area contributed by atoms with Crippen LogP contribution in [0.5, 0.6) is 0 Å². The van der Waals surface area contributed by atoms with Crippen molar-refractivity contribution in [2.45, 2.75) is 0 Å².